The van der Waals surface area contributed by atoms with E-state index in [1.807, 2.05) is 30.3 Å². The van der Waals surface area contributed by atoms with E-state index in [1.54, 1.807) is 6.08 Å². The summed E-state index contributed by atoms with van der Waals surface area (Å²) in [6.07, 6.45) is 5.90. The molecule has 2 rings (SSSR count). The maximum absolute atomic E-state index is 11.5. The van der Waals surface area contributed by atoms with Gasteiger partial charge in [0.05, 0.1) is 0 Å². The summed E-state index contributed by atoms with van der Waals surface area (Å²) >= 11 is 0. The van der Waals surface area contributed by atoms with Crippen LogP contribution in [0.1, 0.15) is 10.4 Å². The van der Waals surface area contributed by atoms with Gasteiger partial charge in [0.2, 0.25) is 0 Å². The van der Waals surface area contributed by atoms with Gasteiger partial charge >= 0.3 is 0 Å². The zero-order valence-electron chi connectivity index (χ0n) is 7.95. The van der Waals surface area contributed by atoms with Crippen LogP contribution in [0.25, 0.3) is 6.08 Å². The number of hydrogen-bond acceptors (Lipinski definition) is 3. The minimum atomic E-state index is -0.212. The second-order valence-electron chi connectivity index (χ2n) is 2.92. The quantitative estimate of drug-likeness (QED) is 0.690. The standard InChI is InChI=1S/C11H9N3O/c15-11(14-9-12-8-13-14)7-6-10-4-2-1-3-5-10/h1-9H/b7-6+. The molecule has 1 aromatic carbocycles. The summed E-state index contributed by atoms with van der Waals surface area (Å²) in [5.74, 6) is -0.212. The van der Waals surface area contributed by atoms with Crippen LogP contribution in [0, 0.1) is 0 Å². The molecule has 15 heavy (non-hydrogen) atoms. The van der Waals surface area contributed by atoms with Gasteiger partial charge in [-0.05, 0) is 11.6 Å². The second kappa shape index (κ2) is 4.32. The van der Waals surface area contributed by atoms with Crippen molar-refractivity contribution in [3.05, 3.63) is 54.6 Å². The van der Waals surface area contributed by atoms with Gasteiger partial charge < -0.3 is 0 Å². The molecule has 0 saturated heterocycles. The van der Waals surface area contributed by atoms with Gasteiger partial charge in [-0.25, -0.2) is 4.98 Å². The first kappa shape index (κ1) is 9.33. The molecule has 74 valence electrons. The maximum atomic E-state index is 11.5. The second-order valence-corrected chi connectivity index (χ2v) is 2.92. The van der Waals surface area contributed by atoms with E-state index in [1.165, 1.54) is 23.4 Å². The number of allylic oxidation sites excluding steroid dienone is 1. The fourth-order valence-corrected chi connectivity index (χ4v) is 1.13. The summed E-state index contributed by atoms with van der Waals surface area (Å²) in [4.78, 5) is 15.1. The molecule has 0 aliphatic heterocycles. The van der Waals surface area contributed by atoms with Crippen molar-refractivity contribution in [2.24, 2.45) is 0 Å². The lowest BCUT2D eigenvalue weighted by Crippen LogP contribution is -2.06. The molecule has 0 fully saturated rings. The fourth-order valence-electron chi connectivity index (χ4n) is 1.13. The average Bonchev–Trinajstić information content (AvgIpc) is 2.81. The van der Waals surface area contributed by atoms with E-state index in [0.717, 1.165) is 5.56 Å². The van der Waals surface area contributed by atoms with Crippen molar-refractivity contribution in [2.75, 3.05) is 0 Å². The maximum Gasteiger partial charge on any atom is 0.272 e. The molecule has 0 radical (unpaired) electrons. The summed E-state index contributed by atoms with van der Waals surface area (Å²) in [5, 5.41) is 3.73. The molecule has 0 aliphatic carbocycles. The Bertz CT molecular complexity index is 460. The minimum Gasteiger partial charge on any atom is -0.267 e. The molecule has 0 bridgehead atoms. The first-order chi connectivity index (χ1) is 7.36. The third kappa shape index (κ3) is 2.37. The highest BCUT2D eigenvalue weighted by Gasteiger charge is 1.98. The van der Waals surface area contributed by atoms with Gasteiger partial charge in [0.1, 0.15) is 12.7 Å². The molecule has 1 heterocycles. The summed E-state index contributed by atoms with van der Waals surface area (Å²) in [6.45, 7) is 0. The number of aromatic nitrogens is 3. The number of benzene rings is 1. The Morgan fingerprint density at radius 3 is 2.73 bits per heavy atom. The highest BCUT2D eigenvalue weighted by atomic mass is 16.2. The molecule has 0 atom stereocenters. The summed E-state index contributed by atoms with van der Waals surface area (Å²) in [7, 11) is 0. The van der Waals surface area contributed by atoms with Gasteiger partial charge in [-0.3, -0.25) is 4.79 Å². The third-order valence-electron chi connectivity index (χ3n) is 1.86. The van der Waals surface area contributed by atoms with Gasteiger partial charge in [-0.1, -0.05) is 30.3 Å². The van der Waals surface area contributed by atoms with Crippen molar-refractivity contribution in [1.29, 1.82) is 0 Å². The van der Waals surface area contributed by atoms with Crippen molar-refractivity contribution in [3.8, 4) is 0 Å². The van der Waals surface area contributed by atoms with Crippen LogP contribution in [0.2, 0.25) is 0 Å². The summed E-state index contributed by atoms with van der Waals surface area (Å²) in [5.41, 5.74) is 0.978. The van der Waals surface area contributed by atoms with Crippen LogP contribution in [0.5, 0.6) is 0 Å². The number of nitrogens with zero attached hydrogens (tertiary/aromatic N) is 3. The van der Waals surface area contributed by atoms with E-state index in [2.05, 4.69) is 10.1 Å². The van der Waals surface area contributed by atoms with Gasteiger partial charge in [-0.15, -0.1) is 0 Å². The van der Waals surface area contributed by atoms with Crippen LogP contribution in [0.4, 0.5) is 0 Å². The lowest BCUT2D eigenvalue weighted by molar-refractivity contribution is 0.0955. The summed E-state index contributed by atoms with van der Waals surface area (Å²) < 4.78 is 1.18. The topological polar surface area (TPSA) is 47.8 Å². The molecule has 0 spiro atoms. The van der Waals surface area contributed by atoms with Crippen molar-refractivity contribution in [3.63, 3.8) is 0 Å². The van der Waals surface area contributed by atoms with E-state index < -0.39 is 0 Å². The van der Waals surface area contributed by atoms with Gasteiger partial charge in [0.25, 0.3) is 5.91 Å². The SMILES string of the molecule is O=C(/C=C/c1ccccc1)n1cncn1. The Kier molecular flexibility index (Phi) is 2.69. The van der Waals surface area contributed by atoms with Gasteiger partial charge in [-0.2, -0.15) is 9.78 Å². The van der Waals surface area contributed by atoms with Crippen LogP contribution in [-0.2, 0) is 0 Å². The Balaban J connectivity index is 2.10. The normalized spacial score (nSPS) is 10.7. The Morgan fingerprint density at radius 1 is 1.27 bits per heavy atom. The lowest BCUT2D eigenvalue weighted by Gasteiger charge is -1.92. The van der Waals surface area contributed by atoms with Crippen LogP contribution in [0.3, 0.4) is 0 Å². The minimum absolute atomic E-state index is 0.212. The molecule has 2 aromatic rings. The number of carbonyl (C=O) groups excluding carboxylic acids is 1. The average molecular weight is 199 g/mol. The van der Waals surface area contributed by atoms with E-state index >= 15 is 0 Å². The van der Waals surface area contributed by atoms with E-state index in [0.29, 0.717) is 0 Å². The zero-order valence-corrected chi connectivity index (χ0v) is 7.95. The predicted octanol–water partition coefficient (Wildman–Crippen LogP) is 1.63. The largest absolute Gasteiger partial charge is 0.272 e. The predicted molar refractivity (Wildman–Crippen MR) is 56.1 cm³/mol. The van der Waals surface area contributed by atoms with E-state index in [9.17, 15) is 4.79 Å². The molecule has 0 amide bonds. The molecule has 0 aliphatic rings. The smallest absolute Gasteiger partial charge is 0.267 e. The van der Waals surface area contributed by atoms with E-state index in [4.69, 9.17) is 0 Å². The molecule has 1 aromatic heterocycles. The Hall–Kier alpha value is -2.23. The van der Waals surface area contributed by atoms with Crippen LogP contribution in [0.15, 0.2) is 49.1 Å². The molecule has 4 nitrogen and oxygen atoms in total. The first-order valence-corrected chi connectivity index (χ1v) is 4.48. The number of carbonyl (C=O) groups is 1. The van der Waals surface area contributed by atoms with Crippen molar-refractivity contribution in [1.82, 2.24) is 14.8 Å². The van der Waals surface area contributed by atoms with Gasteiger partial charge in [0.15, 0.2) is 0 Å². The number of hydrogen-bond donors (Lipinski definition) is 0. The molecular formula is C11H9N3O. The summed E-state index contributed by atoms with van der Waals surface area (Å²) in [6, 6.07) is 9.60. The van der Waals surface area contributed by atoms with Crippen LogP contribution in [-0.4, -0.2) is 20.7 Å². The fraction of sp³-hybridized carbons (Fsp3) is 0. The van der Waals surface area contributed by atoms with E-state index in [-0.39, 0.29) is 5.91 Å². The monoisotopic (exact) mass is 199 g/mol. The molecule has 0 saturated carbocycles. The third-order valence-corrected chi connectivity index (χ3v) is 1.86. The Morgan fingerprint density at radius 2 is 2.07 bits per heavy atom. The van der Waals surface area contributed by atoms with Crippen LogP contribution < -0.4 is 0 Å². The van der Waals surface area contributed by atoms with Gasteiger partial charge in [0, 0.05) is 6.08 Å². The lowest BCUT2D eigenvalue weighted by atomic mass is 10.2. The highest BCUT2D eigenvalue weighted by molar-refractivity contribution is 5.92. The highest BCUT2D eigenvalue weighted by Crippen LogP contribution is 2.00. The Labute approximate surface area is 86.9 Å². The molecule has 0 unspecified atom stereocenters. The van der Waals surface area contributed by atoms with Crippen molar-refractivity contribution >= 4 is 12.0 Å². The first-order valence-electron chi connectivity index (χ1n) is 4.48. The number of rotatable bonds is 2. The van der Waals surface area contributed by atoms with Crippen molar-refractivity contribution in [2.45, 2.75) is 0 Å². The van der Waals surface area contributed by atoms with Crippen molar-refractivity contribution < 1.29 is 4.79 Å². The molecule has 4 heteroatoms. The molecular weight excluding hydrogens is 190 g/mol. The van der Waals surface area contributed by atoms with Crippen LogP contribution >= 0.6 is 0 Å². The zero-order chi connectivity index (χ0) is 10.5. The molecule has 0 N–H and O–H groups in total.